The van der Waals surface area contributed by atoms with E-state index in [-0.39, 0.29) is 11.4 Å². The average molecular weight is 296 g/mol. The van der Waals surface area contributed by atoms with Gasteiger partial charge in [-0.2, -0.15) is 13.2 Å². The number of anilines is 2. The SMILES string of the molecule is Cc1ccc(Nc2nc(C(F)(F)F)ccc2C(N)=O)cn1. The van der Waals surface area contributed by atoms with E-state index in [0.29, 0.717) is 11.8 Å². The molecule has 0 aliphatic carbocycles. The molecule has 0 saturated carbocycles. The van der Waals surface area contributed by atoms with Crippen molar-refractivity contribution >= 4 is 17.4 Å². The Bertz CT molecular complexity index is 668. The zero-order valence-corrected chi connectivity index (χ0v) is 10.9. The Hall–Kier alpha value is -2.64. The Labute approximate surface area is 118 Å². The molecule has 21 heavy (non-hydrogen) atoms. The summed E-state index contributed by atoms with van der Waals surface area (Å²) in [5.74, 6) is -1.14. The number of carbonyl (C=O) groups is 1. The molecule has 2 aromatic heterocycles. The van der Waals surface area contributed by atoms with Gasteiger partial charge in [-0.3, -0.25) is 9.78 Å². The highest BCUT2D eigenvalue weighted by atomic mass is 19.4. The number of nitrogens with zero attached hydrogens (tertiary/aromatic N) is 2. The Balaban J connectivity index is 2.43. The minimum atomic E-state index is -4.61. The van der Waals surface area contributed by atoms with Crippen LogP contribution in [0.15, 0.2) is 30.5 Å². The zero-order valence-electron chi connectivity index (χ0n) is 10.9. The van der Waals surface area contributed by atoms with Gasteiger partial charge in [0.1, 0.15) is 11.5 Å². The molecule has 0 radical (unpaired) electrons. The largest absolute Gasteiger partial charge is 0.433 e. The fourth-order valence-electron chi connectivity index (χ4n) is 1.59. The molecule has 2 rings (SSSR count). The van der Waals surface area contributed by atoms with Crippen LogP contribution in [0.4, 0.5) is 24.7 Å². The van der Waals surface area contributed by atoms with Crippen molar-refractivity contribution in [1.29, 1.82) is 0 Å². The van der Waals surface area contributed by atoms with Crippen molar-refractivity contribution in [1.82, 2.24) is 9.97 Å². The van der Waals surface area contributed by atoms with Crippen molar-refractivity contribution in [2.75, 3.05) is 5.32 Å². The van der Waals surface area contributed by atoms with E-state index in [2.05, 4.69) is 15.3 Å². The summed E-state index contributed by atoms with van der Waals surface area (Å²) in [6, 6.07) is 4.97. The van der Waals surface area contributed by atoms with Gasteiger partial charge < -0.3 is 11.1 Å². The number of aromatic nitrogens is 2. The summed E-state index contributed by atoms with van der Waals surface area (Å²) in [5, 5.41) is 2.62. The lowest BCUT2D eigenvalue weighted by atomic mass is 10.2. The number of aryl methyl sites for hydroxylation is 1. The standard InChI is InChI=1S/C13H11F3N4O/c1-7-2-3-8(6-18-7)19-12-9(11(17)21)4-5-10(20-12)13(14,15)16/h2-6H,1H3,(H2,17,21)(H,19,20). The molecule has 8 heteroatoms. The molecule has 2 heterocycles. The van der Waals surface area contributed by atoms with Crippen LogP contribution < -0.4 is 11.1 Å². The number of alkyl halides is 3. The number of hydrogen-bond acceptors (Lipinski definition) is 4. The summed E-state index contributed by atoms with van der Waals surface area (Å²) in [6.07, 6.45) is -3.19. The van der Waals surface area contributed by atoms with Crippen molar-refractivity contribution < 1.29 is 18.0 Å². The molecule has 0 spiro atoms. The van der Waals surface area contributed by atoms with Crippen LogP contribution in [0.25, 0.3) is 0 Å². The number of nitrogens with one attached hydrogen (secondary N) is 1. The van der Waals surface area contributed by atoms with Crippen molar-refractivity contribution in [3.8, 4) is 0 Å². The van der Waals surface area contributed by atoms with Crippen LogP contribution in [0.2, 0.25) is 0 Å². The zero-order chi connectivity index (χ0) is 15.6. The predicted octanol–water partition coefficient (Wildman–Crippen LogP) is 2.65. The maximum atomic E-state index is 12.7. The summed E-state index contributed by atoms with van der Waals surface area (Å²) in [5.41, 5.74) is 5.03. The third-order valence-corrected chi connectivity index (χ3v) is 2.63. The van der Waals surface area contributed by atoms with Crippen LogP contribution in [-0.4, -0.2) is 15.9 Å². The Kier molecular flexibility index (Phi) is 3.79. The van der Waals surface area contributed by atoms with E-state index in [1.54, 1.807) is 19.1 Å². The van der Waals surface area contributed by atoms with Gasteiger partial charge in [-0.15, -0.1) is 0 Å². The molecular weight excluding hydrogens is 285 g/mol. The quantitative estimate of drug-likeness (QED) is 0.912. The van der Waals surface area contributed by atoms with Crippen LogP contribution in [0, 0.1) is 6.92 Å². The second kappa shape index (κ2) is 5.39. The molecule has 0 atom stereocenters. The lowest BCUT2D eigenvalue weighted by molar-refractivity contribution is -0.141. The van der Waals surface area contributed by atoms with E-state index in [1.165, 1.54) is 6.20 Å². The molecule has 0 aromatic carbocycles. The summed E-state index contributed by atoms with van der Waals surface area (Å²) in [6.45, 7) is 1.77. The predicted molar refractivity (Wildman–Crippen MR) is 70.0 cm³/mol. The van der Waals surface area contributed by atoms with Crippen LogP contribution in [0.1, 0.15) is 21.7 Å². The summed E-state index contributed by atoms with van der Waals surface area (Å²) in [7, 11) is 0. The number of nitrogens with two attached hydrogens (primary N) is 1. The van der Waals surface area contributed by atoms with Crippen LogP contribution >= 0.6 is 0 Å². The normalized spacial score (nSPS) is 11.2. The first-order chi connectivity index (χ1) is 9.77. The molecule has 2 aromatic rings. The summed E-state index contributed by atoms with van der Waals surface area (Å²) < 4.78 is 38.0. The molecular formula is C13H11F3N4O. The summed E-state index contributed by atoms with van der Waals surface area (Å²) >= 11 is 0. The smallest absolute Gasteiger partial charge is 0.365 e. The maximum Gasteiger partial charge on any atom is 0.433 e. The number of primary amides is 1. The van der Waals surface area contributed by atoms with Gasteiger partial charge in [0.25, 0.3) is 5.91 Å². The van der Waals surface area contributed by atoms with E-state index < -0.39 is 17.8 Å². The van der Waals surface area contributed by atoms with Crippen molar-refractivity contribution in [2.45, 2.75) is 13.1 Å². The highest BCUT2D eigenvalue weighted by molar-refractivity contribution is 5.98. The minimum Gasteiger partial charge on any atom is -0.365 e. The van der Waals surface area contributed by atoms with Gasteiger partial charge in [0.05, 0.1) is 17.4 Å². The third-order valence-electron chi connectivity index (χ3n) is 2.63. The second-order valence-electron chi connectivity index (χ2n) is 4.27. The number of hydrogen-bond donors (Lipinski definition) is 2. The monoisotopic (exact) mass is 296 g/mol. The molecule has 0 saturated heterocycles. The number of halogens is 3. The molecule has 0 bridgehead atoms. The van der Waals surface area contributed by atoms with Crippen molar-refractivity contribution in [2.24, 2.45) is 5.73 Å². The molecule has 0 fully saturated rings. The third kappa shape index (κ3) is 3.47. The molecule has 0 aliphatic rings. The minimum absolute atomic E-state index is 0.136. The fourth-order valence-corrected chi connectivity index (χ4v) is 1.59. The second-order valence-corrected chi connectivity index (χ2v) is 4.27. The lowest BCUT2D eigenvalue weighted by Crippen LogP contribution is -2.17. The average Bonchev–Trinajstić information content (AvgIpc) is 2.40. The number of rotatable bonds is 3. The van der Waals surface area contributed by atoms with Gasteiger partial charge in [-0.05, 0) is 31.2 Å². The van der Waals surface area contributed by atoms with Gasteiger partial charge in [0.2, 0.25) is 0 Å². The number of pyridine rings is 2. The lowest BCUT2D eigenvalue weighted by Gasteiger charge is -2.12. The first kappa shape index (κ1) is 14.8. The van der Waals surface area contributed by atoms with Crippen LogP contribution in [0.5, 0.6) is 0 Å². The van der Waals surface area contributed by atoms with E-state index in [1.807, 2.05) is 0 Å². The molecule has 0 unspecified atom stereocenters. The van der Waals surface area contributed by atoms with Gasteiger partial charge in [0, 0.05) is 5.69 Å². The number of amides is 1. The maximum absolute atomic E-state index is 12.7. The number of carbonyl (C=O) groups excluding carboxylic acids is 1. The topological polar surface area (TPSA) is 80.9 Å². The van der Waals surface area contributed by atoms with Crippen LogP contribution in [-0.2, 0) is 6.18 Å². The molecule has 1 amide bonds. The van der Waals surface area contributed by atoms with Gasteiger partial charge in [0.15, 0.2) is 0 Å². The highest BCUT2D eigenvalue weighted by Crippen LogP contribution is 2.30. The highest BCUT2D eigenvalue weighted by Gasteiger charge is 2.33. The van der Waals surface area contributed by atoms with E-state index in [0.717, 1.165) is 11.8 Å². The fraction of sp³-hybridized carbons (Fsp3) is 0.154. The van der Waals surface area contributed by atoms with Crippen molar-refractivity contribution in [3.63, 3.8) is 0 Å². The Morgan fingerprint density at radius 1 is 1.24 bits per heavy atom. The molecule has 0 aliphatic heterocycles. The van der Waals surface area contributed by atoms with E-state index >= 15 is 0 Å². The molecule has 3 N–H and O–H groups in total. The Morgan fingerprint density at radius 2 is 1.95 bits per heavy atom. The van der Waals surface area contributed by atoms with E-state index in [4.69, 9.17) is 5.73 Å². The summed E-state index contributed by atoms with van der Waals surface area (Å²) in [4.78, 5) is 18.7. The van der Waals surface area contributed by atoms with Gasteiger partial charge in [-0.25, -0.2) is 4.98 Å². The van der Waals surface area contributed by atoms with Crippen LogP contribution in [0.3, 0.4) is 0 Å². The first-order valence-corrected chi connectivity index (χ1v) is 5.85. The first-order valence-electron chi connectivity index (χ1n) is 5.85. The molecule has 110 valence electrons. The molecule has 5 nitrogen and oxygen atoms in total. The van der Waals surface area contributed by atoms with Gasteiger partial charge in [-0.1, -0.05) is 0 Å². The van der Waals surface area contributed by atoms with E-state index in [9.17, 15) is 18.0 Å². The van der Waals surface area contributed by atoms with Gasteiger partial charge >= 0.3 is 6.18 Å². The van der Waals surface area contributed by atoms with Crippen molar-refractivity contribution in [3.05, 3.63) is 47.4 Å². The Morgan fingerprint density at radius 3 is 2.48 bits per heavy atom.